The van der Waals surface area contributed by atoms with E-state index in [-0.39, 0.29) is 81.7 Å². The van der Waals surface area contributed by atoms with E-state index in [9.17, 15) is 19.2 Å². The summed E-state index contributed by atoms with van der Waals surface area (Å²) in [6.45, 7) is 43.6. The maximum atomic E-state index is 13.0. The lowest BCUT2D eigenvalue weighted by atomic mass is 9.78. The van der Waals surface area contributed by atoms with E-state index in [1.807, 2.05) is 38.2 Å². The molecule has 2 amide bonds. The molecule has 0 aromatic rings. The van der Waals surface area contributed by atoms with E-state index in [2.05, 4.69) is 161 Å². The van der Waals surface area contributed by atoms with Crippen molar-refractivity contribution in [2.45, 2.75) is 252 Å². The SMILES string of the molecule is CCC(C)C(C)C1OC1CC(C)(C)/C=C/C=C(\C)C1OC(=O)CC(C)CCC(C)(C)C(OC(=O)N(C)C)/C=C/C1C.CCC(C)C(C)C1OC1CC(C)(C)/C=C/C=C(\C)C1OC(=O)CC(C)CCC(C)(C)C(OC(=O)N(C)C)/C=C/C1C. The summed E-state index contributed by atoms with van der Waals surface area (Å²) in [6.07, 6.45) is 28.4. The van der Waals surface area contributed by atoms with Crippen LogP contribution in [0.15, 0.2) is 71.9 Å². The highest BCUT2D eigenvalue weighted by Gasteiger charge is 2.47. The number of hydrogen-bond acceptors (Lipinski definition) is 10. The Morgan fingerprint density at radius 1 is 0.610 bits per heavy atom. The predicted molar refractivity (Wildman–Crippen MR) is 335 cm³/mol. The molecule has 4 aliphatic heterocycles. The van der Waals surface area contributed by atoms with E-state index in [0.29, 0.717) is 60.9 Å². The van der Waals surface area contributed by atoms with Gasteiger partial charge in [-0.1, -0.05) is 186 Å². The fourth-order valence-electron chi connectivity index (χ4n) is 11.2. The first kappa shape index (κ1) is 72.1. The highest BCUT2D eigenvalue weighted by atomic mass is 16.6. The second-order valence-electron chi connectivity index (χ2n) is 29.1. The molecule has 0 aromatic heterocycles. The summed E-state index contributed by atoms with van der Waals surface area (Å²) < 4.78 is 36.1. The van der Waals surface area contributed by atoms with Gasteiger partial charge in [0.15, 0.2) is 0 Å². The zero-order valence-electron chi connectivity index (χ0n) is 56.1. The molecule has 0 radical (unpaired) electrons. The molecule has 0 saturated carbocycles. The highest BCUT2D eigenvalue weighted by molar-refractivity contribution is 5.71. The lowest BCUT2D eigenvalue weighted by Crippen LogP contribution is -2.37. The molecule has 82 heavy (non-hydrogen) atoms. The summed E-state index contributed by atoms with van der Waals surface area (Å²) >= 11 is 0. The molecule has 16 unspecified atom stereocenters. The molecule has 0 N–H and O–H groups in total. The number of epoxide rings is 2. The van der Waals surface area contributed by atoms with E-state index in [0.717, 1.165) is 49.7 Å². The fraction of sp³-hybridized carbons (Fsp3) is 0.771. The average Bonchev–Trinajstić information content (AvgIpc) is 4.33. The molecule has 2 saturated heterocycles. The molecule has 468 valence electrons. The Labute approximate surface area is 500 Å². The van der Waals surface area contributed by atoms with Gasteiger partial charge in [0.05, 0.1) is 24.4 Å². The second-order valence-corrected chi connectivity index (χ2v) is 29.1. The number of amides is 2. The van der Waals surface area contributed by atoms with Gasteiger partial charge in [-0.05, 0) is 122 Å². The van der Waals surface area contributed by atoms with Crippen LogP contribution in [0.5, 0.6) is 0 Å². The molecule has 4 aliphatic rings. The van der Waals surface area contributed by atoms with E-state index in [1.54, 1.807) is 28.2 Å². The molecule has 4 heterocycles. The number of nitrogens with zero attached hydrogens (tertiary/aromatic N) is 2. The topological polar surface area (TPSA) is 137 Å². The van der Waals surface area contributed by atoms with Crippen LogP contribution < -0.4 is 0 Å². The fourth-order valence-corrected chi connectivity index (χ4v) is 11.2. The first-order chi connectivity index (χ1) is 37.9. The van der Waals surface area contributed by atoms with Crippen LogP contribution in [0.25, 0.3) is 0 Å². The second kappa shape index (κ2) is 31.8. The number of carbonyl (C=O) groups excluding carboxylic acids is 4. The molecule has 4 rings (SSSR count). The van der Waals surface area contributed by atoms with Crippen LogP contribution in [0, 0.1) is 69.0 Å². The van der Waals surface area contributed by atoms with Crippen LogP contribution in [0.1, 0.15) is 203 Å². The molecule has 0 aliphatic carbocycles. The Kier molecular flexibility index (Phi) is 28.0. The summed E-state index contributed by atoms with van der Waals surface area (Å²) in [5.41, 5.74) is 1.41. The van der Waals surface area contributed by atoms with Gasteiger partial charge in [0, 0.05) is 63.7 Å². The van der Waals surface area contributed by atoms with Crippen molar-refractivity contribution in [1.82, 2.24) is 9.80 Å². The molecule has 0 spiro atoms. The van der Waals surface area contributed by atoms with Crippen LogP contribution in [0.4, 0.5) is 9.59 Å². The van der Waals surface area contributed by atoms with Gasteiger partial charge in [0.1, 0.15) is 24.4 Å². The lowest BCUT2D eigenvalue weighted by molar-refractivity contribution is -0.150. The highest BCUT2D eigenvalue weighted by Crippen LogP contribution is 2.44. The quantitative estimate of drug-likeness (QED) is 0.0429. The zero-order valence-corrected chi connectivity index (χ0v) is 56.1. The zero-order chi connectivity index (χ0) is 62.2. The average molecular weight is 1150 g/mol. The van der Waals surface area contributed by atoms with Crippen molar-refractivity contribution >= 4 is 24.1 Å². The van der Waals surface area contributed by atoms with E-state index >= 15 is 0 Å². The monoisotopic (exact) mass is 1150 g/mol. The largest absolute Gasteiger partial charge is 0.457 e. The Hall–Kier alpha value is -4.16. The third-order valence-electron chi connectivity index (χ3n) is 18.5. The van der Waals surface area contributed by atoms with Gasteiger partial charge in [-0.2, -0.15) is 0 Å². The van der Waals surface area contributed by atoms with Gasteiger partial charge in [-0.3, -0.25) is 9.59 Å². The van der Waals surface area contributed by atoms with Crippen molar-refractivity contribution in [2.24, 2.45) is 69.0 Å². The number of allylic oxidation sites excluding steroid dienone is 6. The number of hydrogen-bond donors (Lipinski definition) is 0. The minimum Gasteiger partial charge on any atom is -0.457 e. The molecule has 12 heteroatoms. The molecule has 16 atom stereocenters. The Bertz CT molecular complexity index is 2080. The van der Waals surface area contributed by atoms with Crippen molar-refractivity contribution in [3.05, 3.63) is 71.9 Å². The lowest BCUT2D eigenvalue weighted by Gasteiger charge is -2.34. The van der Waals surface area contributed by atoms with Crippen molar-refractivity contribution in [2.75, 3.05) is 28.2 Å². The van der Waals surface area contributed by atoms with Crippen molar-refractivity contribution in [1.29, 1.82) is 0 Å². The Morgan fingerprint density at radius 3 is 1.24 bits per heavy atom. The summed E-state index contributed by atoms with van der Waals surface area (Å²) in [4.78, 5) is 53.8. The van der Waals surface area contributed by atoms with Crippen LogP contribution in [0.2, 0.25) is 0 Å². The van der Waals surface area contributed by atoms with Crippen LogP contribution in [-0.4, -0.2) is 111 Å². The molecular weight excluding hydrogens is 1030 g/mol. The van der Waals surface area contributed by atoms with Gasteiger partial charge < -0.3 is 38.2 Å². The smallest absolute Gasteiger partial charge is 0.409 e. The van der Waals surface area contributed by atoms with Gasteiger partial charge in [0.2, 0.25) is 0 Å². The number of rotatable bonds is 18. The molecule has 12 nitrogen and oxygen atoms in total. The van der Waals surface area contributed by atoms with Crippen molar-refractivity contribution in [3.8, 4) is 0 Å². The Balaban J connectivity index is 0.000000430. The van der Waals surface area contributed by atoms with Crippen molar-refractivity contribution < 1.29 is 47.6 Å². The summed E-state index contributed by atoms with van der Waals surface area (Å²) in [5, 5.41) is 0. The van der Waals surface area contributed by atoms with Gasteiger partial charge >= 0.3 is 24.1 Å². The normalized spacial score (nSPS) is 31.8. The molecular formula is C70H118N2O10. The van der Waals surface area contributed by atoms with Crippen LogP contribution in [-0.2, 0) is 38.0 Å². The maximum absolute atomic E-state index is 13.0. The van der Waals surface area contributed by atoms with Crippen LogP contribution >= 0.6 is 0 Å². The molecule has 2 fully saturated rings. The number of cyclic esters (lactones) is 2. The standard InChI is InChI=1S/2C35H59NO5/c2*1-13-24(3)27(6)32-28(39-32)22-34(7,8)19-14-15-25(4)31-26(5)16-17-29(40-33(38)36(11)12)35(9,10)20-18-23(2)21-30(37)41-31/h2*14-17,19,23-24,26-29,31-32H,13,18,20-22H2,1-12H3/b2*17-16+,19-14+,25-15+. The molecule has 0 aromatic carbocycles. The van der Waals surface area contributed by atoms with Gasteiger partial charge in [0.25, 0.3) is 0 Å². The van der Waals surface area contributed by atoms with E-state index in [4.69, 9.17) is 28.4 Å². The maximum Gasteiger partial charge on any atom is 0.409 e. The minimum atomic E-state index is -0.404. The van der Waals surface area contributed by atoms with Crippen LogP contribution in [0.3, 0.4) is 0 Å². The Morgan fingerprint density at radius 2 is 0.939 bits per heavy atom. The van der Waals surface area contributed by atoms with Crippen molar-refractivity contribution in [3.63, 3.8) is 0 Å². The first-order valence-corrected chi connectivity index (χ1v) is 31.5. The third kappa shape index (κ3) is 23.7. The first-order valence-electron chi connectivity index (χ1n) is 31.5. The van der Waals surface area contributed by atoms with E-state index in [1.165, 1.54) is 22.6 Å². The molecule has 0 bridgehead atoms. The summed E-state index contributed by atoms with van der Waals surface area (Å²) in [7, 11) is 6.78. The summed E-state index contributed by atoms with van der Waals surface area (Å²) in [5.74, 6) is 2.33. The number of ether oxygens (including phenoxy) is 6. The van der Waals surface area contributed by atoms with Gasteiger partial charge in [-0.25, -0.2) is 9.59 Å². The third-order valence-corrected chi connectivity index (χ3v) is 18.5. The minimum absolute atomic E-state index is 0.00931. The van der Waals surface area contributed by atoms with E-state index < -0.39 is 12.2 Å². The number of esters is 2. The van der Waals surface area contributed by atoms with Gasteiger partial charge in [-0.15, -0.1) is 0 Å². The predicted octanol–water partition coefficient (Wildman–Crippen LogP) is 16.7. The summed E-state index contributed by atoms with van der Waals surface area (Å²) in [6, 6.07) is 0. The number of carbonyl (C=O) groups is 4.